The second-order valence-electron chi connectivity index (χ2n) is 3.77. The van der Waals surface area contributed by atoms with Gasteiger partial charge in [0.2, 0.25) is 0 Å². The molecule has 92 valence electrons. The van der Waals surface area contributed by atoms with Crippen LogP contribution in [0.1, 0.15) is 12.0 Å². The van der Waals surface area contributed by atoms with Gasteiger partial charge in [0, 0.05) is 18.5 Å². The number of benzene rings is 1. The first-order chi connectivity index (χ1) is 8.28. The average molecular weight is 236 g/mol. The highest BCUT2D eigenvalue weighted by atomic mass is 16.6. The van der Waals surface area contributed by atoms with E-state index in [1.165, 1.54) is 0 Å². The lowest BCUT2D eigenvalue weighted by atomic mass is 10.0. The van der Waals surface area contributed by atoms with Crippen molar-refractivity contribution in [2.24, 2.45) is 10.9 Å². The fraction of sp³-hybridized carbons (Fsp3) is 0.417. The van der Waals surface area contributed by atoms with Gasteiger partial charge in [-0.15, -0.1) is 0 Å². The Labute approximate surface area is 100 Å². The second-order valence-corrected chi connectivity index (χ2v) is 3.77. The van der Waals surface area contributed by atoms with Crippen molar-refractivity contribution in [3.05, 3.63) is 23.8 Å². The Morgan fingerprint density at radius 1 is 1.35 bits per heavy atom. The van der Waals surface area contributed by atoms with Crippen LogP contribution in [0.5, 0.6) is 11.5 Å². The molecule has 0 amide bonds. The monoisotopic (exact) mass is 236 g/mol. The lowest BCUT2D eigenvalue weighted by Crippen LogP contribution is -2.20. The van der Waals surface area contributed by atoms with Crippen molar-refractivity contribution in [2.75, 3.05) is 20.8 Å². The second kappa shape index (κ2) is 5.05. The van der Waals surface area contributed by atoms with Gasteiger partial charge in [-0.1, -0.05) is 5.16 Å². The topological polar surface area (TPSA) is 66.1 Å². The quantitative estimate of drug-likeness (QED) is 0.851. The first kappa shape index (κ1) is 11.7. The van der Waals surface area contributed by atoms with Gasteiger partial charge in [-0.05, 0) is 18.2 Å². The molecule has 1 aromatic carbocycles. The summed E-state index contributed by atoms with van der Waals surface area (Å²) in [5, 5.41) is 4.03. The van der Waals surface area contributed by atoms with Gasteiger partial charge >= 0.3 is 0 Å². The largest absolute Gasteiger partial charge is 0.493 e. The normalized spacial score (nSPS) is 18.5. The zero-order chi connectivity index (χ0) is 12.3. The number of methoxy groups -OCH3 is 2. The van der Waals surface area contributed by atoms with E-state index in [-0.39, 0.29) is 6.10 Å². The number of oxime groups is 1. The van der Waals surface area contributed by atoms with Crippen LogP contribution in [0, 0.1) is 0 Å². The summed E-state index contributed by atoms with van der Waals surface area (Å²) in [5.74, 6) is 1.38. The summed E-state index contributed by atoms with van der Waals surface area (Å²) in [5.41, 5.74) is 7.39. The highest BCUT2D eigenvalue weighted by molar-refractivity contribution is 6.01. The molecule has 5 nitrogen and oxygen atoms in total. The van der Waals surface area contributed by atoms with Crippen molar-refractivity contribution < 1.29 is 14.3 Å². The van der Waals surface area contributed by atoms with E-state index in [0.29, 0.717) is 18.0 Å². The van der Waals surface area contributed by atoms with Crippen LogP contribution < -0.4 is 15.2 Å². The maximum atomic E-state index is 5.53. The molecular weight excluding hydrogens is 220 g/mol. The number of nitrogens with two attached hydrogens (primary N) is 1. The van der Waals surface area contributed by atoms with E-state index >= 15 is 0 Å². The Hall–Kier alpha value is -1.75. The van der Waals surface area contributed by atoms with E-state index in [9.17, 15) is 0 Å². The number of nitrogens with zero attached hydrogens (tertiary/aromatic N) is 1. The molecule has 0 fully saturated rings. The molecule has 0 aliphatic carbocycles. The molecule has 0 bridgehead atoms. The van der Waals surface area contributed by atoms with Crippen LogP contribution in [0.4, 0.5) is 0 Å². The summed E-state index contributed by atoms with van der Waals surface area (Å²) in [7, 11) is 3.22. The Balaban J connectivity index is 2.23. The first-order valence-electron chi connectivity index (χ1n) is 5.43. The van der Waals surface area contributed by atoms with Gasteiger partial charge in [-0.2, -0.15) is 0 Å². The van der Waals surface area contributed by atoms with Crippen molar-refractivity contribution in [3.8, 4) is 11.5 Å². The van der Waals surface area contributed by atoms with Crippen LogP contribution in [0.15, 0.2) is 23.4 Å². The lowest BCUT2D eigenvalue weighted by Gasteiger charge is -2.09. The van der Waals surface area contributed by atoms with Crippen molar-refractivity contribution in [1.29, 1.82) is 0 Å². The summed E-state index contributed by atoms with van der Waals surface area (Å²) in [6.07, 6.45) is 0.713. The van der Waals surface area contributed by atoms with Gasteiger partial charge in [-0.3, -0.25) is 0 Å². The minimum atomic E-state index is -0.0157. The highest BCUT2D eigenvalue weighted by Gasteiger charge is 2.21. The fourth-order valence-electron chi connectivity index (χ4n) is 1.74. The molecule has 1 atom stereocenters. The zero-order valence-electron chi connectivity index (χ0n) is 9.97. The van der Waals surface area contributed by atoms with E-state index in [0.717, 1.165) is 17.7 Å². The maximum absolute atomic E-state index is 5.53. The molecule has 5 heteroatoms. The summed E-state index contributed by atoms with van der Waals surface area (Å²) < 4.78 is 10.4. The number of hydrogen-bond donors (Lipinski definition) is 1. The summed E-state index contributed by atoms with van der Waals surface area (Å²) in [6.45, 7) is 0.473. The summed E-state index contributed by atoms with van der Waals surface area (Å²) >= 11 is 0. The van der Waals surface area contributed by atoms with Gasteiger partial charge in [0.1, 0.15) is 6.10 Å². The predicted octanol–water partition coefficient (Wildman–Crippen LogP) is 1.16. The van der Waals surface area contributed by atoms with Gasteiger partial charge in [0.05, 0.1) is 19.9 Å². The number of ether oxygens (including phenoxy) is 2. The van der Waals surface area contributed by atoms with Crippen LogP contribution in [-0.4, -0.2) is 32.6 Å². The molecule has 0 saturated heterocycles. The molecule has 1 aliphatic rings. The van der Waals surface area contributed by atoms with Gasteiger partial charge in [0.15, 0.2) is 11.5 Å². The van der Waals surface area contributed by atoms with Gasteiger partial charge in [0.25, 0.3) is 0 Å². The Kier molecular flexibility index (Phi) is 3.49. The standard InChI is InChI=1S/C12H16N2O3/c1-15-11-4-3-8(5-12(11)16-2)10-6-9(7-13)17-14-10/h3-5,9H,6-7,13H2,1-2H3. The molecule has 17 heavy (non-hydrogen) atoms. The molecule has 0 aromatic heterocycles. The van der Waals surface area contributed by atoms with Crippen LogP contribution in [0.25, 0.3) is 0 Å². The zero-order valence-corrected chi connectivity index (χ0v) is 9.97. The lowest BCUT2D eigenvalue weighted by molar-refractivity contribution is 0.0918. The SMILES string of the molecule is COc1ccc(C2=NOC(CN)C2)cc1OC. The van der Waals surface area contributed by atoms with Crippen LogP contribution in [0.3, 0.4) is 0 Å². The Bertz CT molecular complexity index is 432. The van der Waals surface area contributed by atoms with E-state index < -0.39 is 0 Å². The molecule has 0 spiro atoms. The van der Waals surface area contributed by atoms with Gasteiger partial charge in [-0.25, -0.2) is 0 Å². The maximum Gasteiger partial charge on any atom is 0.161 e. The van der Waals surface area contributed by atoms with Crippen LogP contribution in [0.2, 0.25) is 0 Å². The van der Waals surface area contributed by atoms with E-state index in [2.05, 4.69) is 5.16 Å². The molecule has 0 radical (unpaired) electrons. The number of hydrogen-bond acceptors (Lipinski definition) is 5. The molecule has 1 aromatic rings. The van der Waals surface area contributed by atoms with Crippen molar-refractivity contribution in [3.63, 3.8) is 0 Å². The third kappa shape index (κ3) is 2.34. The van der Waals surface area contributed by atoms with Gasteiger partial charge < -0.3 is 20.0 Å². The molecule has 0 saturated carbocycles. The van der Waals surface area contributed by atoms with Crippen molar-refractivity contribution in [2.45, 2.75) is 12.5 Å². The fourth-order valence-corrected chi connectivity index (χ4v) is 1.74. The molecule has 1 heterocycles. The van der Waals surface area contributed by atoms with Crippen LogP contribution in [-0.2, 0) is 4.84 Å². The van der Waals surface area contributed by atoms with E-state index in [4.69, 9.17) is 20.0 Å². The smallest absolute Gasteiger partial charge is 0.161 e. The average Bonchev–Trinajstić information content (AvgIpc) is 2.86. The molecule has 1 aliphatic heterocycles. The van der Waals surface area contributed by atoms with E-state index in [1.807, 2.05) is 18.2 Å². The molecule has 1 unspecified atom stereocenters. The van der Waals surface area contributed by atoms with E-state index in [1.54, 1.807) is 14.2 Å². The Morgan fingerprint density at radius 2 is 2.12 bits per heavy atom. The molecular formula is C12H16N2O3. The first-order valence-corrected chi connectivity index (χ1v) is 5.43. The third-order valence-corrected chi connectivity index (χ3v) is 2.71. The van der Waals surface area contributed by atoms with Crippen molar-refractivity contribution >= 4 is 5.71 Å². The van der Waals surface area contributed by atoms with Crippen LogP contribution >= 0.6 is 0 Å². The summed E-state index contributed by atoms with van der Waals surface area (Å²) in [6, 6.07) is 5.68. The predicted molar refractivity (Wildman–Crippen MR) is 64.6 cm³/mol. The molecule has 2 N–H and O–H groups in total. The minimum Gasteiger partial charge on any atom is -0.493 e. The number of rotatable bonds is 4. The summed E-state index contributed by atoms with van der Waals surface area (Å²) in [4.78, 5) is 5.19. The Morgan fingerprint density at radius 3 is 2.71 bits per heavy atom. The minimum absolute atomic E-state index is 0.0157. The highest BCUT2D eigenvalue weighted by Crippen LogP contribution is 2.29. The van der Waals surface area contributed by atoms with Crippen molar-refractivity contribution in [1.82, 2.24) is 0 Å². The molecule has 2 rings (SSSR count). The third-order valence-electron chi connectivity index (χ3n) is 2.71.